The van der Waals surface area contributed by atoms with Crippen molar-refractivity contribution in [3.05, 3.63) is 12.1 Å². The fourth-order valence-electron chi connectivity index (χ4n) is 1.14. The summed E-state index contributed by atoms with van der Waals surface area (Å²) < 4.78 is 10.9. The summed E-state index contributed by atoms with van der Waals surface area (Å²) >= 11 is 0. The van der Waals surface area contributed by atoms with Crippen LogP contribution in [0.2, 0.25) is 0 Å². The molecule has 0 aromatic heterocycles. The van der Waals surface area contributed by atoms with E-state index in [1.807, 2.05) is 20.9 Å². The van der Waals surface area contributed by atoms with Crippen molar-refractivity contribution in [2.75, 3.05) is 7.05 Å². The van der Waals surface area contributed by atoms with Gasteiger partial charge < -0.3 is 14.8 Å². The molecular formula is C13H20N2O2. The van der Waals surface area contributed by atoms with E-state index in [-0.39, 0.29) is 12.2 Å². The third kappa shape index (κ3) is 5.41. The van der Waals surface area contributed by atoms with Gasteiger partial charge in [-0.1, -0.05) is 11.8 Å². The molecule has 0 saturated carbocycles. The normalized spacial score (nSPS) is 20.1. The molecule has 4 heteroatoms. The van der Waals surface area contributed by atoms with Crippen molar-refractivity contribution in [2.24, 2.45) is 4.99 Å². The second-order valence-corrected chi connectivity index (χ2v) is 4.17. The van der Waals surface area contributed by atoms with Crippen molar-refractivity contribution in [3.8, 4) is 11.8 Å². The third-order valence-corrected chi connectivity index (χ3v) is 2.14. The van der Waals surface area contributed by atoms with Crippen LogP contribution in [0.15, 0.2) is 17.1 Å². The number of nitrogens with zero attached hydrogens (tertiary/aromatic N) is 1. The molecule has 0 aliphatic carbocycles. The molecule has 1 aliphatic rings. The van der Waals surface area contributed by atoms with Crippen LogP contribution in [-0.2, 0) is 9.47 Å². The van der Waals surface area contributed by atoms with Gasteiger partial charge in [-0.2, -0.15) is 0 Å². The molecule has 1 aliphatic heterocycles. The van der Waals surface area contributed by atoms with Crippen LogP contribution in [0.1, 0.15) is 27.2 Å². The Morgan fingerprint density at radius 2 is 2.29 bits per heavy atom. The summed E-state index contributed by atoms with van der Waals surface area (Å²) in [4.78, 5) is 4.06. The quantitative estimate of drug-likeness (QED) is 0.755. The lowest BCUT2D eigenvalue weighted by molar-refractivity contribution is 0.00256. The summed E-state index contributed by atoms with van der Waals surface area (Å²) in [6.07, 6.45) is 3.79. The molecule has 1 heterocycles. The summed E-state index contributed by atoms with van der Waals surface area (Å²) in [5.41, 5.74) is 0. The van der Waals surface area contributed by atoms with Crippen molar-refractivity contribution in [2.45, 2.75) is 45.4 Å². The van der Waals surface area contributed by atoms with E-state index < -0.39 is 0 Å². The molecule has 17 heavy (non-hydrogen) atoms. The molecular weight excluding hydrogens is 216 g/mol. The Hall–Kier alpha value is -1.47. The first-order chi connectivity index (χ1) is 8.11. The first-order valence-corrected chi connectivity index (χ1v) is 5.84. The minimum absolute atomic E-state index is 0.0764. The molecule has 94 valence electrons. The molecule has 0 aromatic rings. The van der Waals surface area contributed by atoms with E-state index in [4.69, 9.17) is 9.47 Å². The minimum atomic E-state index is -0.308. The minimum Gasteiger partial charge on any atom is -0.462 e. The van der Waals surface area contributed by atoms with Gasteiger partial charge in [0.1, 0.15) is 6.20 Å². The number of aliphatic imine (C=N–C) groups is 1. The summed E-state index contributed by atoms with van der Waals surface area (Å²) in [5.74, 6) is 6.51. The van der Waals surface area contributed by atoms with Gasteiger partial charge in [-0.25, -0.2) is 0 Å². The van der Waals surface area contributed by atoms with Crippen LogP contribution < -0.4 is 5.32 Å². The summed E-state index contributed by atoms with van der Waals surface area (Å²) in [5, 5.41) is 3.12. The van der Waals surface area contributed by atoms with Gasteiger partial charge in [0.25, 0.3) is 5.95 Å². The van der Waals surface area contributed by atoms with Crippen LogP contribution in [0.5, 0.6) is 0 Å². The zero-order valence-electron chi connectivity index (χ0n) is 10.9. The maximum absolute atomic E-state index is 5.51. The van der Waals surface area contributed by atoms with E-state index in [0.29, 0.717) is 12.0 Å². The Bertz CT molecular complexity index is 350. The van der Waals surface area contributed by atoms with Crippen LogP contribution in [0.25, 0.3) is 0 Å². The fourth-order valence-corrected chi connectivity index (χ4v) is 1.14. The smallest absolute Gasteiger partial charge is 0.300 e. The molecule has 0 spiro atoms. The Kier molecular flexibility index (Phi) is 5.58. The van der Waals surface area contributed by atoms with Crippen molar-refractivity contribution in [1.29, 1.82) is 0 Å². The molecule has 2 unspecified atom stereocenters. The fraction of sp³-hybridized carbons (Fsp3) is 0.615. The number of nitrogens with one attached hydrogen (secondary N) is 1. The highest BCUT2D eigenvalue weighted by Gasteiger charge is 2.12. The lowest BCUT2D eigenvalue weighted by atomic mass is 10.2. The van der Waals surface area contributed by atoms with Crippen LogP contribution in [0, 0.1) is 11.8 Å². The number of hydrogen-bond acceptors (Lipinski definition) is 4. The van der Waals surface area contributed by atoms with Crippen molar-refractivity contribution in [1.82, 2.24) is 5.32 Å². The van der Waals surface area contributed by atoms with Gasteiger partial charge in [0.2, 0.25) is 0 Å². The van der Waals surface area contributed by atoms with Gasteiger partial charge in [0, 0.05) is 12.5 Å². The van der Waals surface area contributed by atoms with Gasteiger partial charge in [0.05, 0.1) is 12.3 Å². The number of rotatable bonds is 4. The Morgan fingerprint density at radius 1 is 1.53 bits per heavy atom. The van der Waals surface area contributed by atoms with Crippen molar-refractivity contribution in [3.63, 3.8) is 0 Å². The Balaban J connectivity index is 2.43. The van der Waals surface area contributed by atoms with Gasteiger partial charge >= 0.3 is 0 Å². The zero-order valence-corrected chi connectivity index (χ0v) is 10.9. The predicted molar refractivity (Wildman–Crippen MR) is 68.6 cm³/mol. The largest absolute Gasteiger partial charge is 0.462 e. The van der Waals surface area contributed by atoms with E-state index in [1.54, 1.807) is 12.4 Å². The van der Waals surface area contributed by atoms with E-state index in [9.17, 15) is 0 Å². The third-order valence-electron chi connectivity index (χ3n) is 2.14. The van der Waals surface area contributed by atoms with Gasteiger partial charge in [0.15, 0.2) is 6.10 Å². The predicted octanol–water partition coefficient (Wildman–Crippen LogP) is 1.68. The standard InChI is InChI=1S/C13H20N2O2/c1-10(2)16-13-9-15-8-12(17-13)7-5-6-11(3)14-4/h8-12,14H,6H2,1-4H3. The van der Waals surface area contributed by atoms with Crippen LogP contribution >= 0.6 is 0 Å². The molecule has 1 rings (SSSR count). The highest BCUT2D eigenvalue weighted by atomic mass is 16.7. The molecule has 0 amide bonds. The molecule has 0 saturated heterocycles. The number of ether oxygens (including phenoxy) is 2. The molecule has 0 bridgehead atoms. The molecule has 4 nitrogen and oxygen atoms in total. The van der Waals surface area contributed by atoms with E-state index in [2.05, 4.69) is 29.1 Å². The van der Waals surface area contributed by atoms with Gasteiger partial charge in [-0.05, 0) is 27.8 Å². The van der Waals surface area contributed by atoms with E-state index >= 15 is 0 Å². The van der Waals surface area contributed by atoms with E-state index in [1.165, 1.54) is 0 Å². The second kappa shape index (κ2) is 6.97. The molecule has 0 aromatic carbocycles. The van der Waals surface area contributed by atoms with Crippen molar-refractivity contribution < 1.29 is 9.47 Å². The van der Waals surface area contributed by atoms with Crippen LogP contribution in [0.3, 0.4) is 0 Å². The first kappa shape index (κ1) is 13.6. The number of hydrogen-bond donors (Lipinski definition) is 1. The highest BCUT2D eigenvalue weighted by Crippen LogP contribution is 2.10. The first-order valence-electron chi connectivity index (χ1n) is 5.84. The van der Waals surface area contributed by atoms with Crippen molar-refractivity contribution >= 4 is 6.21 Å². The Morgan fingerprint density at radius 3 is 2.94 bits per heavy atom. The van der Waals surface area contributed by atoms with Crippen LogP contribution in [0.4, 0.5) is 0 Å². The Labute approximate surface area is 103 Å². The molecule has 1 N–H and O–H groups in total. The topological polar surface area (TPSA) is 42.9 Å². The molecule has 2 atom stereocenters. The maximum atomic E-state index is 5.51. The van der Waals surface area contributed by atoms with Crippen LogP contribution in [-0.4, -0.2) is 31.5 Å². The monoisotopic (exact) mass is 236 g/mol. The van der Waals surface area contributed by atoms with E-state index in [0.717, 1.165) is 6.42 Å². The second-order valence-electron chi connectivity index (χ2n) is 4.17. The average Bonchev–Trinajstić information content (AvgIpc) is 2.28. The highest BCUT2D eigenvalue weighted by molar-refractivity contribution is 5.69. The summed E-state index contributed by atoms with van der Waals surface area (Å²) in [6, 6.07) is 0.380. The maximum Gasteiger partial charge on any atom is 0.300 e. The molecule has 0 radical (unpaired) electrons. The lowest BCUT2D eigenvalue weighted by Gasteiger charge is -2.18. The average molecular weight is 236 g/mol. The van der Waals surface area contributed by atoms with Gasteiger partial charge in [-0.15, -0.1) is 0 Å². The molecule has 0 fully saturated rings. The summed E-state index contributed by atoms with van der Waals surface area (Å²) in [7, 11) is 1.92. The zero-order chi connectivity index (χ0) is 12.7. The summed E-state index contributed by atoms with van der Waals surface area (Å²) in [6.45, 7) is 5.97. The lowest BCUT2D eigenvalue weighted by Crippen LogP contribution is -2.21. The van der Waals surface area contributed by atoms with Gasteiger partial charge in [-0.3, -0.25) is 4.99 Å². The SMILES string of the molecule is CNC(C)CC#CC1C=NC=C(OC(C)C)O1.